The average molecular weight is 258 g/mol. The van der Waals surface area contributed by atoms with Crippen molar-refractivity contribution in [1.82, 2.24) is 9.97 Å². The zero-order chi connectivity index (χ0) is 13.5. The molecule has 19 heavy (non-hydrogen) atoms. The second-order valence-corrected chi connectivity index (χ2v) is 4.05. The van der Waals surface area contributed by atoms with Gasteiger partial charge in [-0.2, -0.15) is 0 Å². The second-order valence-electron chi connectivity index (χ2n) is 4.05. The van der Waals surface area contributed by atoms with Crippen molar-refractivity contribution in [1.29, 1.82) is 0 Å². The van der Waals surface area contributed by atoms with E-state index in [1.807, 2.05) is 24.4 Å². The number of methoxy groups -OCH3 is 1. The first-order valence-electron chi connectivity index (χ1n) is 6.23. The van der Waals surface area contributed by atoms with Gasteiger partial charge in [-0.05, 0) is 24.6 Å². The maximum Gasteiger partial charge on any atom is 0.213 e. The van der Waals surface area contributed by atoms with Crippen LogP contribution >= 0.6 is 0 Å². The number of anilines is 2. The van der Waals surface area contributed by atoms with Crippen molar-refractivity contribution in [2.45, 2.75) is 13.5 Å². The highest BCUT2D eigenvalue weighted by Crippen LogP contribution is 2.15. The minimum atomic E-state index is 0.624. The largest absolute Gasteiger partial charge is 0.481 e. The molecular weight excluding hydrogens is 240 g/mol. The van der Waals surface area contributed by atoms with Crippen molar-refractivity contribution in [3.8, 4) is 5.88 Å². The van der Waals surface area contributed by atoms with Crippen LogP contribution in [0.2, 0.25) is 0 Å². The first-order valence-corrected chi connectivity index (χ1v) is 6.23. The molecule has 0 aliphatic heterocycles. The van der Waals surface area contributed by atoms with Crippen LogP contribution in [-0.4, -0.2) is 23.6 Å². The Morgan fingerprint density at radius 3 is 2.68 bits per heavy atom. The van der Waals surface area contributed by atoms with E-state index in [1.54, 1.807) is 19.5 Å². The maximum absolute atomic E-state index is 5.10. The highest BCUT2D eigenvalue weighted by molar-refractivity contribution is 5.54. The van der Waals surface area contributed by atoms with Crippen molar-refractivity contribution < 1.29 is 4.74 Å². The van der Waals surface area contributed by atoms with E-state index in [0.29, 0.717) is 12.4 Å². The molecule has 100 valence electrons. The lowest BCUT2D eigenvalue weighted by molar-refractivity contribution is 0.397. The van der Waals surface area contributed by atoms with Crippen LogP contribution in [0.25, 0.3) is 0 Å². The van der Waals surface area contributed by atoms with Gasteiger partial charge in [0.1, 0.15) is 0 Å². The summed E-state index contributed by atoms with van der Waals surface area (Å²) in [7, 11) is 1.61. The Kier molecular flexibility index (Phi) is 4.55. The van der Waals surface area contributed by atoms with Crippen molar-refractivity contribution in [3.05, 3.63) is 42.4 Å². The molecule has 0 aliphatic carbocycles. The molecule has 0 saturated carbocycles. The van der Waals surface area contributed by atoms with Gasteiger partial charge in [-0.15, -0.1) is 0 Å². The standard InChI is InChI=1S/C14H18N4O/c1-3-16-12-7-13(10-15-9-12)18-8-11-4-5-17-14(6-11)19-2/h4-7,9-10,16,18H,3,8H2,1-2H3. The summed E-state index contributed by atoms with van der Waals surface area (Å²) in [5.41, 5.74) is 3.11. The van der Waals surface area contributed by atoms with E-state index in [0.717, 1.165) is 23.5 Å². The van der Waals surface area contributed by atoms with Crippen LogP contribution in [0.5, 0.6) is 5.88 Å². The van der Waals surface area contributed by atoms with Crippen LogP contribution in [0.1, 0.15) is 12.5 Å². The van der Waals surface area contributed by atoms with Crippen LogP contribution in [-0.2, 0) is 6.54 Å². The number of nitrogens with one attached hydrogen (secondary N) is 2. The fourth-order valence-corrected chi connectivity index (χ4v) is 1.71. The molecule has 0 radical (unpaired) electrons. The molecule has 0 aliphatic rings. The zero-order valence-electron chi connectivity index (χ0n) is 11.2. The van der Waals surface area contributed by atoms with Crippen LogP contribution in [0, 0.1) is 0 Å². The molecule has 2 rings (SSSR count). The predicted molar refractivity (Wildman–Crippen MR) is 76.5 cm³/mol. The molecule has 2 heterocycles. The second kappa shape index (κ2) is 6.58. The molecule has 0 unspecified atom stereocenters. The number of rotatable bonds is 6. The van der Waals surface area contributed by atoms with Gasteiger partial charge < -0.3 is 15.4 Å². The Morgan fingerprint density at radius 2 is 1.95 bits per heavy atom. The Morgan fingerprint density at radius 1 is 1.16 bits per heavy atom. The van der Waals surface area contributed by atoms with Crippen LogP contribution in [0.15, 0.2) is 36.8 Å². The Hall–Kier alpha value is -2.30. The lowest BCUT2D eigenvalue weighted by Gasteiger charge is -2.09. The highest BCUT2D eigenvalue weighted by atomic mass is 16.5. The van der Waals surface area contributed by atoms with E-state index in [4.69, 9.17) is 4.74 Å². The summed E-state index contributed by atoms with van der Waals surface area (Å²) in [4.78, 5) is 8.27. The summed E-state index contributed by atoms with van der Waals surface area (Å²) in [5.74, 6) is 0.624. The number of pyridine rings is 2. The van der Waals surface area contributed by atoms with Gasteiger partial charge in [-0.1, -0.05) is 0 Å². The molecule has 0 saturated heterocycles. The molecule has 5 nitrogen and oxygen atoms in total. The van der Waals surface area contributed by atoms with Gasteiger partial charge in [0.2, 0.25) is 5.88 Å². The molecule has 2 aromatic heterocycles. The molecule has 0 spiro atoms. The van der Waals surface area contributed by atoms with Crippen LogP contribution < -0.4 is 15.4 Å². The molecule has 0 aromatic carbocycles. The van der Waals surface area contributed by atoms with Crippen molar-refractivity contribution in [2.24, 2.45) is 0 Å². The van der Waals surface area contributed by atoms with Crippen LogP contribution in [0.3, 0.4) is 0 Å². The molecule has 0 atom stereocenters. The maximum atomic E-state index is 5.10. The van der Waals surface area contributed by atoms with Gasteiger partial charge in [0.25, 0.3) is 0 Å². The van der Waals surface area contributed by atoms with Crippen molar-refractivity contribution in [2.75, 3.05) is 24.3 Å². The third-order valence-corrected chi connectivity index (χ3v) is 2.62. The zero-order valence-corrected chi connectivity index (χ0v) is 11.2. The SMILES string of the molecule is CCNc1cncc(NCc2ccnc(OC)c2)c1. The molecule has 2 aromatic rings. The van der Waals surface area contributed by atoms with Crippen molar-refractivity contribution in [3.63, 3.8) is 0 Å². The first-order chi connectivity index (χ1) is 9.31. The Labute approximate surface area is 113 Å². The number of hydrogen-bond acceptors (Lipinski definition) is 5. The number of hydrogen-bond donors (Lipinski definition) is 2. The molecule has 5 heteroatoms. The van der Waals surface area contributed by atoms with Crippen LogP contribution in [0.4, 0.5) is 11.4 Å². The first kappa shape index (κ1) is 13.1. The van der Waals surface area contributed by atoms with E-state index >= 15 is 0 Å². The third kappa shape index (κ3) is 3.84. The van der Waals surface area contributed by atoms with Gasteiger partial charge in [-0.3, -0.25) is 4.98 Å². The predicted octanol–water partition coefficient (Wildman–Crippen LogP) is 2.53. The average Bonchev–Trinajstić information content (AvgIpc) is 2.46. The number of nitrogens with zero attached hydrogens (tertiary/aromatic N) is 2. The van der Waals surface area contributed by atoms with Gasteiger partial charge in [0.15, 0.2) is 0 Å². The lowest BCUT2D eigenvalue weighted by atomic mass is 10.2. The Bertz CT molecular complexity index is 530. The van der Waals surface area contributed by atoms with Gasteiger partial charge in [0, 0.05) is 25.4 Å². The van der Waals surface area contributed by atoms with E-state index in [2.05, 4.69) is 27.5 Å². The summed E-state index contributed by atoms with van der Waals surface area (Å²) < 4.78 is 5.10. The minimum Gasteiger partial charge on any atom is -0.481 e. The molecule has 0 bridgehead atoms. The summed E-state index contributed by atoms with van der Waals surface area (Å²) in [5, 5.41) is 6.56. The van der Waals surface area contributed by atoms with E-state index in [1.165, 1.54) is 0 Å². The topological polar surface area (TPSA) is 59.1 Å². The van der Waals surface area contributed by atoms with E-state index in [-0.39, 0.29) is 0 Å². The van der Waals surface area contributed by atoms with E-state index in [9.17, 15) is 0 Å². The fraction of sp³-hybridized carbons (Fsp3) is 0.286. The minimum absolute atomic E-state index is 0.624. The summed E-state index contributed by atoms with van der Waals surface area (Å²) in [6, 6.07) is 5.90. The fourth-order valence-electron chi connectivity index (χ4n) is 1.71. The number of ether oxygens (including phenoxy) is 1. The monoisotopic (exact) mass is 258 g/mol. The van der Waals surface area contributed by atoms with Crippen molar-refractivity contribution >= 4 is 11.4 Å². The van der Waals surface area contributed by atoms with Gasteiger partial charge >= 0.3 is 0 Å². The van der Waals surface area contributed by atoms with Gasteiger partial charge in [-0.25, -0.2) is 4.98 Å². The molecular formula is C14H18N4O. The highest BCUT2D eigenvalue weighted by Gasteiger charge is 1.99. The Balaban J connectivity index is 1.99. The molecule has 2 N–H and O–H groups in total. The third-order valence-electron chi connectivity index (χ3n) is 2.62. The normalized spacial score (nSPS) is 10.0. The van der Waals surface area contributed by atoms with Gasteiger partial charge in [0.05, 0.1) is 30.9 Å². The number of aromatic nitrogens is 2. The quantitative estimate of drug-likeness (QED) is 0.833. The summed E-state index contributed by atoms with van der Waals surface area (Å²) >= 11 is 0. The summed E-state index contributed by atoms with van der Waals surface area (Å²) in [6.45, 7) is 3.65. The summed E-state index contributed by atoms with van der Waals surface area (Å²) in [6.07, 6.45) is 5.35. The smallest absolute Gasteiger partial charge is 0.213 e. The lowest BCUT2D eigenvalue weighted by Crippen LogP contribution is -2.02. The molecule has 0 fully saturated rings. The molecule has 0 amide bonds. The van der Waals surface area contributed by atoms with E-state index < -0.39 is 0 Å².